The highest BCUT2D eigenvalue weighted by atomic mass is 19.4. The topological polar surface area (TPSA) is 61.4 Å². The molecule has 0 saturated carbocycles. The van der Waals surface area contributed by atoms with E-state index >= 15 is 0 Å². The van der Waals surface area contributed by atoms with Crippen molar-refractivity contribution in [2.24, 2.45) is 0 Å². The van der Waals surface area contributed by atoms with Crippen molar-refractivity contribution in [1.29, 1.82) is 0 Å². The molecule has 6 nitrogen and oxygen atoms in total. The summed E-state index contributed by atoms with van der Waals surface area (Å²) in [6.07, 6.45) is -1.30. The monoisotopic (exact) mass is 350 g/mol. The summed E-state index contributed by atoms with van der Waals surface area (Å²) in [5, 5.41) is 8.42. The minimum Gasteiger partial charge on any atom is -0.265 e. The Kier molecular flexibility index (Phi) is 4.32. The van der Waals surface area contributed by atoms with Crippen LogP contribution >= 0.6 is 0 Å². The Morgan fingerprint density at radius 1 is 1.12 bits per heavy atom. The fourth-order valence-corrected chi connectivity index (χ4v) is 2.72. The molecule has 25 heavy (non-hydrogen) atoms. The summed E-state index contributed by atoms with van der Waals surface area (Å²) < 4.78 is 41.4. The molecule has 132 valence electrons. The molecule has 0 aliphatic rings. The Bertz CT molecular complexity index is 866. The van der Waals surface area contributed by atoms with Gasteiger partial charge in [-0.25, -0.2) is 9.67 Å². The van der Waals surface area contributed by atoms with Gasteiger partial charge in [-0.15, -0.1) is 0 Å². The zero-order valence-electron chi connectivity index (χ0n) is 14.0. The third kappa shape index (κ3) is 3.70. The van der Waals surface area contributed by atoms with Crippen LogP contribution in [0, 0.1) is 13.8 Å². The van der Waals surface area contributed by atoms with Crippen LogP contribution in [0.3, 0.4) is 0 Å². The SMILES string of the molecule is Cc1cc(C)n([C@H](C)c2nc(-c3ccncc3)nn2CC(F)(F)F)n1. The van der Waals surface area contributed by atoms with E-state index in [4.69, 9.17) is 0 Å². The maximum absolute atomic E-state index is 13.0. The smallest absolute Gasteiger partial charge is 0.265 e. The summed E-state index contributed by atoms with van der Waals surface area (Å²) in [6.45, 7) is 4.24. The minimum atomic E-state index is -4.40. The molecule has 9 heteroatoms. The van der Waals surface area contributed by atoms with Gasteiger partial charge < -0.3 is 0 Å². The molecule has 3 rings (SSSR count). The number of nitrogens with zero attached hydrogens (tertiary/aromatic N) is 6. The molecule has 0 aliphatic heterocycles. The van der Waals surface area contributed by atoms with E-state index in [1.807, 2.05) is 19.9 Å². The summed E-state index contributed by atoms with van der Waals surface area (Å²) >= 11 is 0. The van der Waals surface area contributed by atoms with Gasteiger partial charge in [-0.1, -0.05) is 0 Å². The predicted molar refractivity (Wildman–Crippen MR) is 84.8 cm³/mol. The lowest BCUT2D eigenvalue weighted by atomic mass is 10.2. The molecule has 0 fully saturated rings. The van der Waals surface area contributed by atoms with Crippen molar-refractivity contribution in [2.45, 2.75) is 39.5 Å². The summed E-state index contributed by atoms with van der Waals surface area (Å²) in [5.74, 6) is 0.436. The van der Waals surface area contributed by atoms with Crippen molar-refractivity contribution in [1.82, 2.24) is 29.5 Å². The van der Waals surface area contributed by atoms with Crippen LogP contribution in [0.25, 0.3) is 11.4 Å². The van der Waals surface area contributed by atoms with E-state index in [1.54, 1.807) is 36.1 Å². The van der Waals surface area contributed by atoms with Gasteiger partial charge in [0, 0.05) is 23.7 Å². The highest BCUT2D eigenvalue weighted by Crippen LogP contribution is 2.25. The van der Waals surface area contributed by atoms with Gasteiger partial charge in [-0.05, 0) is 39.0 Å². The van der Waals surface area contributed by atoms with Crippen LogP contribution in [0.15, 0.2) is 30.6 Å². The second-order valence-corrected chi connectivity index (χ2v) is 5.85. The largest absolute Gasteiger partial charge is 0.408 e. The number of hydrogen-bond donors (Lipinski definition) is 0. The molecule has 3 heterocycles. The highest BCUT2D eigenvalue weighted by molar-refractivity contribution is 5.53. The molecule has 1 atom stereocenters. The molecule has 0 aromatic carbocycles. The van der Waals surface area contributed by atoms with Gasteiger partial charge in [0.2, 0.25) is 0 Å². The Balaban J connectivity index is 2.07. The number of pyridine rings is 1. The van der Waals surface area contributed by atoms with Crippen molar-refractivity contribution < 1.29 is 13.2 Å². The summed E-state index contributed by atoms with van der Waals surface area (Å²) in [5.41, 5.74) is 2.25. The standard InChI is InChI=1S/C16H17F3N6/c1-10-8-11(2)25(22-10)12(3)15-21-14(13-4-6-20-7-5-13)23-24(15)9-16(17,18)19/h4-8,12H,9H2,1-3H3/t12-/m1/s1. The van der Waals surface area contributed by atoms with E-state index < -0.39 is 18.8 Å². The Morgan fingerprint density at radius 2 is 1.80 bits per heavy atom. The van der Waals surface area contributed by atoms with Gasteiger partial charge in [-0.2, -0.15) is 23.4 Å². The molecular weight excluding hydrogens is 333 g/mol. The third-order valence-corrected chi connectivity index (χ3v) is 3.75. The van der Waals surface area contributed by atoms with Gasteiger partial charge in [0.25, 0.3) is 0 Å². The molecule has 0 unspecified atom stereocenters. The van der Waals surface area contributed by atoms with Crippen molar-refractivity contribution in [3.8, 4) is 11.4 Å². The molecule has 0 aliphatic carbocycles. The highest BCUT2D eigenvalue weighted by Gasteiger charge is 2.32. The fraction of sp³-hybridized carbons (Fsp3) is 0.375. The Labute approximate surface area is 142 Å². The summed E-state index contributed by atoms with van der Waals surface area (Å²) in [6, 6.07) is 4.69. The molecule has 0 N–H and O–H groups in total. The molecule has 0 bridgehead atoms. The predicted octanol–water partition coefficient (Wildman–Crippen LogP) is 3.33. The fourth-order valence-electron chi connectivity index (χ4n) is 2.72. The molecule has 0 amide bonds. The number of alkyl halides is 3. The van der Waals surface area contributed by atoms with Gasteiger partial charge in [-0.3, -0.25) is 9.67 Å². The summed E-state index contributed by atoms with van der Waals surface area (Å²) in [4.78, 5) is 8.25. The van der Waals surface area contributed by atoms with Crippen LogP contribution in [0.2, 0.25) is 0 Å². The zero-order chi connectivity index (χ0) is 18.2. The number of rotatable bonds is 4. The number of hydrogen-bond acceptors (Lipinski definition) is 4. The number of aryl methyl sites for hydroxylation is 2. The molecule has 3 aromatic heterocycles. The molecule has 3 aromatic rings. The zero-order valence-corrected chi connectivity index (χ0v) is 14.0. The van der Waals surface area contributed by atoms with Crippen molar-refractivity contribution in [3.63, 3.8) is 0 Å². The number of halogens is 3. The van der Waals surface area contributed by atoms with E-state index in [2.05, 4.69) is 20.2 Å². The molecule has 0 radical (unpaired) electrons. The second-order valence-electron chi connectivity index (χ2n) is 5.85. The average Bonchev–Trinajstić information content (AvgIpc) is 3.09. The first-order valence-corrected chi connectivity index (χ1v) is 7.69. The molecule has 0 saturated heterocycles. The van der Waals surface area contributed by atoms with E-state index in [1.165, 1.54) is 0 Å². The lowest BCUT2D eigenvalue weighted by molar-refractivity contribution is -0.143. The normalized spacial score (nSPS) is 13.2. The maximum Gasteiger partial charge on any atom is 0.408 e. The van der Waals surface area contributed by atoms with Gasteiger partial charge in [0.15, 0.2) is 11.6 Å². The third-order valence-electron chi connectivity index (χ3n) is 3.75. The van der Waals surface area contributed by atoms with Gasteiger partial charge in [0.1, 0.15) is 12.6 Å². The molecular formula is C16H17F3N6. The lowest BCUT2D eigenvalue weighted by Gasteiger charge is -2.15. The number of aromatic nitrogens is 6. The first kappa shape index (κ1) is 17.1. The maximum atomic E-state index is 13.0. The quantitative estimate of drug-likeness (QED) is 0.724. The van der Waals surface area contributed by atoms with Crippen molar-refractivity contribution >= 4 is 0 Å². The molecule has 0 spiro atoms. The minimum absolute atomic E-state index is 0.204. The van der Waals surface area contributed by atoms with Crippen molar-refractivity contribution in [3.05, 3.63) is 47.8 Å². The van der Waals surface area contributed by atoms with E-state index in [0.29, 0.717) is 5.56 Å². The van der Waals surface area contributed by atoms with Gasteiger partial charge >= 0.3 is 6.18 Å². The van der Waals surface area contributed by atoms with Crippen LogP contribution < -0.4 is 0 Å². The average molecular weight is 350 g/mol. The van der Waals surface area contributed by atoms with Crippen LogP contribution in [0.5, 0.6) is 0 Å². The van der Waals surface area contributed by atoms with Crippen LogP contribution in [0.1, 0.15) is 30.2 Å². The Hall–Kier alpha value is -2.71. The van der Waals surface area contributed by atoms with Crippen LogP contribution in [0.4, 0.5) is 13.2 Å². The van der Waals surface area contributed by atoms with Gasteiger partial charge in [0.05, 0.1) is 5.69 Å². The van der Waals surface area contributed by atoms with Crippen LogP contribution in [-0.2, 0) is 6.54 Å². The second kappa shape index (κ2) is 6.30. The Morgan fingerprint density at radius 3 is 2.36 bits per heavy atom. The first-order valence-electron chi connectivity index (χ1n) is 7.69. The van der Waals surface area contributed by atoms with E-state index in [0.717, 1.165) is 16.1 Å². The summed E-state index contributed by atoms with van der Waals surface area (Å²) in [7, 11) is 0. The lowest BCUT2D eigenvalue weighted by Crippen LogP contribution is -2.23. The van der Waals surface area contributed by atoms with Crippen molar-refractivity contribution in [2.75, 3.05) is 0 Å². The first-order chi connectivity index (χ1) is 11.7. The van der Waals surface area contributed by atoms with Crippen LogP contribution in [-0.4, -0.2) is 35.7 Å². The van der Waals surface area contributed by atoms with E-state index in [9.17, 15) is 13.2 Å². The van der Waals surface area contributed by atoms with E-state index in [-0.39, 0.29) is 11.6 Å².